The monoisotopic (exact) mass is 347 g/mol. The van der Waals surface area contributed by atoms with E-state index in [1.165, 1.54) is 44.5 Å². The molecule has 0 amide bonds. The van der Waals surface area contributed by atoms with Crippen LogP contribution in [0.3, 0.4) is 0 Å². The van der Waals surface area contributed by atoms with E-state index in [-0.39, 0.29) is 0 Å². The summed E-state index contributed by atoms with van der Waals surface area (Å²) in [6, 6.07) is 5.75. The normalized spacial score (nSPS) is 23.5. The summed E-state index contributed by atoms with van der Waals surface area (Å²) in [4.78, 5) is 28.5. The second kappa shape index (κ2) is 9.17. The summed E-state index contributed by atoms with van der Waals surface area (Å²) in [6.45, 7) is 2.34. The van der Waals surface area contributed by atoms with Crippen LogP contribution in [0.5, 0.6) is 0 Å². The number of likely N-dealkylation sites (N-methyl/N-ethyl adjacent to an activating group) is 1. The van der Waals surface area contributed by atoms with Gasteiger partial charge in [0, 0.05) is 43.5 Å². The standard InChI is InChI=1S/C14H21N3.C4H4O4/c1-16-12-4-2-5-14(16)11-17(9-7-12)13-6-3-8-15-10-13;5-3(6)1-2-4(7)8/h3,6,8,10,12,14H,2,4-5,7,9,11H2,1H3;1-2H,(H,5,6)(H,7,8)/b;2-1+. The number of hydrogen-bond donors (Lipinski definition) is 2. The summed E-state index contributed by atoms with van der Waals surface area (Å²) >= 11 is 0. The number of carbonyl (C=O) groups is 2. The van der Waals surface area contributed by atoms with Crippen LogP contribution in [-0.4, -0.2) is 64.3 Å². The molecule has 1 aromatic heterocycles. The second-order valence-corrected chi connectivity index (χ2v) is 6.36. The minimum absolute atomic E-state index is 0.558. The van der Waals surface area contributed by atoms with Gasteiger partial charge in [-0.25, -0.2) is 9.59 Å². The SMILES string of the molecule is CN1C2CCCC1CN(c1cccnc1)CC2.O=C(O)/C=C/C(=O)O. The van der Waals surface area contributed by atoms with Crippen LogP contribution in [0.15, 0.2) is 36.7 Å². The molecule has 7 heteroatoms. The van der Waals surface area contributed by atoms with Crippen LogP contribution >= 0.6 is 0 Å². The van der Waals surface area contributed by atoms with Crippen molar-refractivity contribution < 1.29 is 19.8 Å². The van der Waals surface area contributed by atoms with Gasteiger partial charge in [-0.05, 0) is 38.4 Å². The summed E-state index contributed by atoms with van der Waals surface area (Å²) in [5.74, 6) is -2.51. The third-order valence-corrected chi connectivity index (χ3v) is 4.77. The van der Waals surface area contributed by atoms with Gasteiger partial charge in [0.1, 0.15) is 0 Å². The van der Waals surface area contributed by atoms with Crippen LogP contribution in [0.1, 0.15) is 25.7 Å². The third kappa shape index (κ3) is 5.86. The maximum atomic E-state index is 9.55. The van der Waals surface area contributed by atoms with E-state index < -0.39 is 11.9 Å². The molecule has 2 aliphatic heterocycles. The highest BCUT2D eigenvalue weighted by Gasteiger charge is 2.32. The highest BCUT2D eigenvalue weighted by molar-refractivity contribution is 5.89. The highest BCUT2D eigenvalue weighted by atomic mass is 16.4. The third-order valence-electron chi connectivity index (χ3n) is 4.77. The molecule has 0 saturated carbocycles. The first-order chi connectivity index (χ1) is 12.0. The average Bonchev–Trinajstić information content (AvgIpc) is 2.69. The van der Waals surface area contributed by atoms with Crippen molar-refractivity contribution in [3.63, 3.8) is 0 Å². The van der Waals surface area contributed by atoms with Crippen molar-refractivity contribution in [3.05, 3.63) is 36.7 Å². The first kappa shape index (κ1) is 18.9. The number of carboxylic acid groups (broad SMARTS) is 2. The highest BCUT2D eigenvalue weighted by Crippen LogP contribution is 2.29. The molecule has 2 N–H and O–H groups in total. The molecule has 2 saturated heterocycles. The van der Waals surface area contributed by atoms with Crippen LogP contribution in [0.4, 0.5) is 5.69 Å². The number of nitrogens with zero attached hydrogens (tertiary/aromatic N) is 3. The van der Waals surface area contributed by atoms with Crippen molar-refractivity contribution in [1.82, 2.24) is 9.88 Å². The molecule has 0 aromatic carbocycles. The van der Waals surface area contributed by atoms with Gasteiger partial charge in [-0.1, -0.05) is 6.42 Å². The predicted molar refractivity (Wildman–Crippen MR) is 94.7 cm³/mol. The van der Waals surface area contributed by atoms with Gasteiger partial charge in [0.2, 0.25) is 0 Å². The quantitative estimate of drug-likeness (QED) is 0.806. The Morgan fingerprint density at radius 1 is 1.16 bits per heavy atom. The maximum Gasteiger partial charge on any atom is 0.328 e. The molecular weight excluding hydrogens is 322 g/mol. The molecule has 3 rings (SSSR count). The molecule has 0 aliphatic carbocycles. The molecule has 0 spiro atoms. The number of aliphatic carboxylic acids is 2. The first-order valence-electron chi connectivity index (χ1n) is 8.48. The smallest absolute Gasteiger partial charge is 0.328 e. The minimum Gasteiger partial charge on any atom is -0.478 e. The van der Waals surface area contributed by atoms with E-state index in [0.29, 0.717) is 12.2 Å². The number of aromatic nitrogens is 1. The number of rotatable bonds is 3. The largest absolute Gasteiger partial charge is 0.478 e. The van der Waals surface area contributed by atoms with Gasteiger partial charge in [0.15, 0.2) is 0 Å². The van der Waals surface area contributed by atoms with Gasteiger partial charge in [-0.3, -0.25) is 9.88 Å². The lowest BCUT2D eigenvalue weighted by Gasteiger charge is -2.37. The van der Waals surface area contributed by atoms with E-state index in [2.05, 4.69) is 27.9 Å². The number of piperidine rings is 1. The van der Waals surface area contributed by atoms with E-state index in [1.54, 1.807) is 0 Å². The van der Waals surface area contributed by atoms with E-state index in [0.717, 1.165) is 12.1 Å². The van der Waals surface area contributed by atoms with Gasteiger partial charge >= 0.3 is 11.9 Å². The zero-order valence-electron chi connectivity index (χ0n) is 14.4. The van der Waals surface area contributed by atoms with Gasteiger partial charge in [0.05, 0.1) is 11.9 Å². The summed E-state index contributed by atoms with van der Waals surface area (Å²) in [5.41, 5.74) is 1.29. The fourth-order valence-corrected chi connectivity index (χ4v) is 3.43. The Bertz CT molecular complexity index is 590. The molecule has 0 radical (unpaired) electrons. The Hall–Kier alpha value is -2.41. The van der Waals surface area contributed by atoms with Gasteiger partial charge in [0.25, 0.3) is 0 Å². The van der Waals surface area contributed by atoms with E-state index >= 15 is 0 Å². The molecule has 7 nitrogen and oxygen atoms in total. The molecule has 2 fully saturated rings. The minimum atomic E-state index is -1.26. The molecule has 2 bridgehead atoms. The summed E-state index contributed by atoms with van der Waals surface area (Å²) in [7, 11) is 2.31. The Balaban J connectivity index is 0.000000242. The Kier molecular flexibility index (Phi) is 6.94. The second-order valence-electron chi connectivity index (χ2n) is 6.36. The van der Waals surface area contributed by atoms with Gasteiger partial charge in [-0.2, -0.15) is 0 Å². The van der Waals surface area contributed by atoms with Crippen molar-refractivity contribution >= 4 is 17.6 Å². The molecular formula is C18H25N3O4. The molecule has 136 valence electrons. The van der Waals surface area contributed by atoms with E-state index in [9.17, 15) is 9.59 Å². The van der Waals surface area contributed by atoms with Crippen molar-refractivity contribution in [1.29, 1.82) is 0 Å². The predicted octanol–water partition coefficient (Wildman–Crippen LogP) is 1.86. The van der Waals surface area contributed by atoms with Crippen LogP contribution in [0, 0.1) is 0 Å². The van der Waals surface area contributed by atoms with Crippen LogP contribution < -0.4 is 4.90 Å². The van der Waals surface area contributed by atoms with Gasteiger partial charge in [-0.15, -0.1) is 0 Å². The fraction of sp³-hybridized carbons (Fsp3) is 0.500. The van der Waals surface area contributed by atoms with Crippen molar-refractivity contribution in [2.45, 2.75) is 37.8 Å². The van der Waals surface area contributed by atoms with Crippen molar-refractivity contribution in [2.75, 3.05) is 25.0 Å². The Labute approximate surface area is 147 Å². The van der Waals surface area contributed by atoms with Gasteiger partial charge < -0.3 is 15.1 Å². The van der Waals surface area contributed by atoms with Crippen molar-refractivity contribution in [2.24, 2.45) is 0 Å². The molecule has 3 heterocycles. The van der Waals surface area contributed by atoms with E-state index in [1.807, 2.05) is 18.5 Å². The first-order valence-corrected chi connectivity index (χ1v) is 8.48. The molecule has 2 unspecified atom stereocenters. The topological polar surface area (TPSA) is 94.0 Å². The van der Waals surface area contributed by atoms with E-state index in [4.69, 9.17) is 10.2 Å². The summed E-state index contributed by atoms with van der Waals surface area (Å²) in [5, 5.41) is 15.6. The van der Waals surface area contributed by atoms with Crippen LogP contribution in [-0.2, 0) is 9.59 Å². The maximum absolute atomic E-state index is 9.55. The van der Waals surface area contributed by atoms with Crippen LogP contribution in [0.25, 0.3) is 0 Å². The zero-order valence-corrected chi connectivity index (χ0v) is 14.4. The lowest BCUT2D eigenvalue weighted by atomic mass is 9.96. The Morgan fingerprint density at radius 2 is 1.84 bits per heavy atom. The zero-order chi connectivity index (χ0) is 18.2. The lowest BCUT2D eigenvalue weighted by Crippen LogP contribution is -2.45. The fourth-order valence-electron chi connectivity index (χ4n) is 3.43. The number of anilines is 1. The number of pyridine rings is 1. The molecule has 2 aliphatic rings. The number of fused-ring (bicyclic) bond motifs is 2. The van der Waals surface area contributed by atoms with Crippen molar-refractivity contribution in [3.8, 4) is 0 Å². The number of hydrogen-bond acceptors (Lipinski definition) is 5. The number of carboxylic acids is 2. The molecule has 25 heavy (non-hydrogen) atoms. The molecule has 1 aromatic rings. The average molecular weight is 347 g/mol. The summed E-state index contributed by atoms with van der Waals surface area (Å²) in [6.07, 6.45) is 10.4. The molecule has 2 atom stereocenters. The Morgan fingerprint density at radius 3 is 2.44 bits per heavy atom. The summed E-state index contributed by atoms with van der Waals surface area (Å²) < 4.78 is 0. The lowest BCUT2D eigenvalue weighted by molar-refractivity contribution is -0.134. The van der Waals surface area contributed by atoms with Crippen LogP contribution in [0.2, 0.25) is 0 Å².